The molecular formula is C14H24N2O3. The molecule has 5 heteroatoms. The number of carbonyl (C=O) groups excluding carboxylic acids is 2. The van der Waals surface area contributed by atoms with Gasteiger partial charge in [-0.15, -0.1) is 0 Å². The molecule has 19 heavy (non-hydrogen) atoms. The highest BCUT2D eigenvalue weighted by atomic mass is 16.6. The maximum absolute atomic E-state index is 12.1. The number of piperidine rings is 2. The third kappa shape index (κ3) is 3.26. The lowest BCUT2D eigenvalue weighted by molar-refractivity contribution is -0.133. The number of amides is 1. The van der Waals surface area contributed by atoms with E-state index in [1.165, 1.54) is 0 Å². The molecule has 2 fully saturated rings. The Kier molecular flexibility index (Phi) is 3.85. The number of carbonyl (C=O) groups is 2. The lowest BCUT2D eigenvalue weighted by atomic mass is 9.72. The van der Waals surface area contributed by atoms with Crippen LogP contribution in [0, 0.1) is 5.41 Å². The lowest BCUT2D eigenvalue weighted by Gasteiger charge is -2.43. The Morgan fingerprint density at radius 1 is 1.32 bits per heavy atom. The molecule has 2 rings (SSSR count). The molecule has 0 unspecified atom stereocenters. The van der Waals surface area contributed by atoms with E-state index in [1.54, 1.807) is 4.90 Å². The molecule has 0 saturated carbocycles. The second-order valence-electron chi connectivity index (χ2n) is 6.60. The summed E-state index contributed by atoms with van der Waals surface area (Å²) in [7, 11) is 0. The molecule has 0 atom stereocenters. The van der Waals surface area contributed by atoms with E-state index < -0.39 is 5.60 Å². The minimum absolute atomic E-state index is 0.239. The van der Waals surface area contributed by atoms with E-state index in [9.17, 15) is 9.59 Å². The molecule has 0 aromatic rings. The lowest BCUT2D eigenvalue weighted by Crippen LogP contribution is -2.54. The Morgan fingerprint density at radius 2 is 1.95 bits per heavy atom. The SMILES string of the molecule is CC(C)(C)OC(=O)N1CCC2(CC1)CNCCC2=O. The van der Waals surface area contributed by atoms with Gasteiger partial charge in [0.1, 0.15) is 11.4 Å². The van der Waals surface area contributed by atoms with Gasteiger partial charge in [0, 0.05) is 38.0 Å². The van der Waals surface area contributed by atoms with Gasteiger partial charge in [-0.05, 0) is 33.6 Å². The van der Waals surface area contributed by atoms with Crippen molar-refractivity contribution in [3.63, 3.8) is 0 Å². The zero-order chi connectivity index (χ0) is 14.1. The number of nitrogens with zero attached hydrogens (tertiary/aromatic N) is 1. The summed E-state index contributed by atoms with van der Waals surface area (Å²) in [6, 6.07) is 0. The fourth-order valence-electron chi connectivity index (χ4n) is 2.79. The molecular weight excluding hydrogens is 244 g/mol. The van der Waals surface area contributed by atoms with Gasteiger partial charge in [0.15, 0.2) is 0 Å². The van der Waals surface area contributed by atoms with Crippen molar-refractivity contribution >= 4 is 11.9 Å². The molecule has 5 nitrogen and oxygen atoms in total. The van der Waals surface area contributed by atoms with Gasteiger partial charge in [-0.25, -0.2) is 4.79 Å². The highest BCUT2D eigenvalue weighted by molar-refractivity contribution is 5.86. The Balaban J connectivity index is 1.92. The summed E-state index contributed by atoms with van der Waals surface area (Å²) in [5.41, 5.74) is -0.703. The molecule has 0 aromatic carbocycles. The Bertz CT molecular complexity index is 365. The maximum Gasteiger partial charge on any atom is 0.410 e. The van der Waals surface area contributed by atoms with Crippen molar-refractivity contribution in [2.45, 2.75) is 45.6 Å². The average Bonchev–Trinajstić information content (AvgIpc) is 2.32. The van der Waals surface area contributed by atoms with E-state index >= 15 is 0 Å². The smallest absolute Gasteiger partial charge is 0.410 e. The summed E-state index contributed by atoms with van der Waals surface area (Å²) in [6.07, 6.45) is 1.85. The van der Waals surface area contributed by atoms with Crippen LogP contribution in [0.1, 0.15) is 40.0 Å². The first-order chi connectivity index (χ1) is 8.82. The van der Waals surface area contributed by atoms with Crippen LogP contribution in [0.5, 0.6) is 0 Å². The zero-order valence-electron chi connectivity index (χ0n) is 12.1. The standard InChI is InChI=1S/C14H24N2O3/c1-13(2,3)19-12(18)16-8-5-14(6-9-16)10-15-7-4-11(14)17/h15H,4-10H2,1-3H3. The molecule has 0 aromatic heterocycles. The topological polar surface area (TPSA) is 58.6 Å². The molecule has 0 aliphatic carbocycles. The first kappa shape index (κ1) is 14.3. The van der Waals surface area contributed by atoms with E-state index in [4.69, 9.17) is 4.74 Å². The van der Waals surface area contributed by atoms with Gasteiger partial charge in [0.2, 0.25) is 0 Å². The molecule has 0 bridgehead atoms. The van der Waals surface area contributed by atoms with Gasteiger partial charge >= 0.3 is 6.09 Å². The van der Waals surface area contributed by atoms with Crippen LogP contribution in [0.4, 0.5) is 4.79 Å². The molecule has 1 amide bonds. The third-order valence-electron chi connectivity index (χ3n) is 3.96. The number of ether oxygens (including phenoxy) is 1. The molecule has 2 aliphatic heterocycles. The number of ketones is 1. The predicted molar refractivity (Wildman–Crippen MR) is 72.0 cm³/mol. The minimum atomic E-state index is -0.464. The fourth-order valence-corrected chi connectivity index (χ4v) is 2.79. The van der Waals surface area contributed by atoms with Crippen molar-refractivity contribution in [1.29, 1.82) is 0 Å². The molecule has 0 radical (unpaired) electrons. The first-order valence-corrected chi connectivity index (χ1v) is 7.04. The van der Waals surface area contributed by atoms with Crippen LogP contribution in [0.25, 0.3) is 0 Å². The molecule has 2 saturated heterocycles. The molecule has 2 aliphatic rings. The monoisotopic (exact) mass is 268 g/mol. The molecule has 2 heterocycles. The van der Waals surface area contributed by atoms with E-state index in [-0.39, 0.29) is 11.5 Å². The number of Topliss-reactive ketones (excluding diaryl/α,β-unsaturated/α-hetero) is 1. The van der Waals surface area contributed by atoms with Crippen LogP contribution in [0.15, 0.2) is 0 Å². The van der Waals surface area contributed by atoms with E-state index in [0.29, 0.717) is 25.3 Å². The summed E-state index contributed by atoms with van der Waals surface area (Å²) in [6.45, 7) is 8.37. The zero-order valence-corrected chi connectivity index (χ0v) is 12.1. The Labute approximate surface area is 114 Å². The highest BCUT2D eigenvalue weighted by Crippen LogP contribution is 2.35. The summed E-state index contributed by atoms with van der Waals surface area (Å²) in [4.78, 5) is 25.8. The molecule has 108 valence electrons. The van der Waals surface area contributed by atoms with Gasteiger partial charge in [-0.1, -0.05) is 0 Å². The molecule has 1 spiro atoms. The van der Waals surface area contributed by atoms with Crippen molar-refractivity contribution in [2.24, 2.45) is 5.41 Å². The van der Waals surface area contributed by atoms with Crippen LogP contribution in [0.3, 0.4) is 0 Å². The van der Waals surface area contributed by atoms with Gasteiger partial charge in [-0.3, -0.25) is 4.79 Å². The van der Waals surface area contributed by atoms with Crippen molar-refractivity contribution in [3.05, 3.63) is 0 Å². The Morgan fingerprint density at radius 3 is 2.47 bits per heavy atom. The van der Waals surface area contributed by atoms with Crippen molar-refractivity contribution in [1.82, 2.24) is 10.2 Å². The summed E-state index contributed by atoms with van der Waals surface area (Å²) in [5, 5.41) is 3.30. The summed E-state index contributed by atoms with van der Waals surface area (Å²) < 4.78 is 5.37. The summed E-state index contributed by atoms with van der Waals surface area (Å²) in [5.74, 6) is 0.357. The number of nitrogens with one attached hydrogen (secondary N) is 1. The number of rotatable bonds is 0. The Hall–Kier alpha value is -1.10. The molecule has 1 N–H and O–H groups in total. The number of likely N-dealkylation sites (tertiary alicyclic amines) is 1. The van der Waals surface area contributed by atoms with E-state index in [2.05, 4.69) is 5.32 Å². The van der Waals surface area contributed by atoms with Crippen molar-refractivity contribution < 1.29 is 14.3 Å². The van der Waals surface area contributed by atoms with Gasteiger partial charge < -0.3 is 15.0 Å². The number of hydrogen-bond acceptors (Lipinski definition) is 4. The van der Waals surface area contributed by atoms with Crippen molar-refractivity contribution in [3.8, 4) is 0 Å². The second-order valence-corrected chi connectivity index (χ2v) is 6.60. The maximum atomic E-state index is 12.1. The normalized spacial score (nSPS) is 23.5. The van der Waals surface area contributed by atoms with E-state index in [0.717, 1.165) is 25.9 Å². The summed E-state index contributed by atoms with van der Waals surface area (Å²) >= 11 is 0. The minimum Gasteiger partial charge on any atom is -0.444 e. The highest BCUT2D eigenvalue weighted by Gasteiger charge is 2.43. The van der Waals surface area contributed by atoms with Crippen LogP contribution in [0.2, 0.25) is 0 Å². The van der Waals surface area contributed by atoms with Gasteiger partial charge in [0.05, 0.1) is 0 Å². The van der Waals surface area contributed by atoms with Crippen molar-refractivity contribution in [2.75, 3.05) is 26.2 Å². The quantitative estimate of drug-likeness (QED) is 0.724. The second kappa shape index (κ2) is 5.12. The van der Waals surface area contributed by atoms with Crippen LogP contribution >= 0.6 is 0 Å². The first-order valence-electron chi connectivity index (χ1n) is 7.04. The average molecular weight is 268 g/mol. The van der Waals surface area contributed by atoms with Crippen LogP contribution < -0.4 is 5.32 Å². The van der Waals surface area contributed by atoms with E-state index in [1.807, 2.05) is 20.8 Å². The van der Waals surface area contributed by atoms with Gasteiger partial charge in [-0.2, -0.15) is 0 Å². The van der Waals surface area contributed by atoms with Crippen LogP contribution in [-0.2, 0) is 9.53 Å². The third-order valence-corrected chi connectivity index (χ3v) is 3.96. The number of hydrogen-bond donors (Lipinski definition) is 1. The van der Waals surface area contributed by atoms with Crippen LogP contribution in [-0.4, -0.2) is 48.6 Å². The predicted octanol–water partition coefficient (Wildman–Crippen LogP) is 1.57. The van der Waals surface area contributed by atoms with Gasteiger partial charge in [0.25, 0.3) is 0 Å². The fraction of sp³-hybridized carbons (Fsp3) is 0.857. The largest absolute Gasteiger partial charge is 0.444 e.